The van der Waals surface area contributed by atoms with E-state index in [2.05, 4.69) is 15.7 Å². The number of hydrogen-bond donors (Lipinski definition) is 2. The van der Waals surface area contributed by atoms with E-state index in [1.807, 2.05) is 30.3 Å². The van der Waals surface area contributed by atoms with Crippen molar-refractivity contribution in [1.29, 1.82) is 0 Å². The normalized spacial score (nSPS) is 20.5. The number of rotatable bonds is 2. The number of likely N-dealkylation sites (N-methyl/N-ethyl adjacent to an activating group) is 1. The molecule has 1 aromatic heterocycles. The molecule has 2 aliphatic heterocycles. The summed E-state index contributed by atoms with van der Waals surface area (Å²) in [6, 6.07) is 11.5. The van der Waals surface area contributed by atoms with Crippen molar-refractivity contribution in [1.82, 2.24) is 30.2 Å². The maximum Gasteiger partial charge on any atom is 0.274 e. The van der Waals surface area contributed by atoms with Crippen LogP contribution in [0.4, 0.5) is 0 Å². The molecular formula is C25H32N6O4. The Morgan fingerprint density at radius 3 is 2.54 bits per heavy atom. The third-order valence-corrected chi connectivity index (χ3v) is 6.57. The zero-order chi connectivity index (χ0) is 24.8. The highest BCUT2D eigenvalue weighted by atomic mass is 16.2. The number of amides is 4. The van der Waals surface area contributed by atoms with Gasteiger partial charge in [-0.1, -0.05) is 30.3 Å². The van der Waals surface area contributed by atoms with E-state index >= 15 is 0 Å². The Hall–Kier alpha value is -3.69. The summed E-state index contributed by atoms with van der Waals surface area (Å²) in [6.07, 6.45) is 2.30. The Labute approximate surface area is 204 Å². The summed E-state index contributed by atoms with van der Waals surface area (Å²) in [6.45, 7) is 2.07. The Kier molecular flexibility index (Phi) is 7.79. The van der Waals surface area contributed by atoms with Crippen LogP contribution in [0.3, 0.4) is 0 Å². The lowest BCUT2D eigenvalue weighted by molar-refractivity contribution is -0.123. The van der Waals surface area contributed by atoms with Crippen LogP contribution in [0.15, 0.2) is 36.4 Å². The van der Waals surface area contributed by atoms with Gasteiger partial charge in [-0.25, -0.2) is 0 Å². The molecule has 35 heavy (non-hydrogen) atoms. The minimum absolute atomic E-state index is 0.0192. The average molecular weight is 481 g/mol. The van der Waals surface area contributed by atoms with Gasteiger partial charge in [0.1, 0.15) is 5.69 Å². The SMILES string of the molecule is CN1CCn2nc(C(=O)N3CCCNC(=O)CCC(c4ccccc4)CCNC(=O)C3)cc2C1=O. The molecule has 0 radical (unpaired) electrons. The first-order chi connectivity index (χ1) is 16.9. The molecule has 3 heterocycles. The summed E-state index contributed by atoms with van der Waals surface area (Å²) in [7, 11) is 1.71. The van der Waals surface area contributed by atoms with Gasteiger partial charge >= 0.3 is 0 Å². The molecule has 0 saturated carbocycles. The van der Waals surface area contributed by atoms with Crippen molar-refractivity contribution in [3.8, 4) is 0 Å². The van der Waals surface area contributed by atoms with E-state index in [1.54, 1.807) is 16.6 Å². The fourth-order valence-corrected chi connectivity index (χ4v) is 4.53. The molecule has 0 aliphatic carbocycles. The number of benzene rings is 1. The smallest absolute Gasteiger partial charge is 0.274 e. The largest absolute Gasteiger partial charge is 0.356 e. The molecule has 1 aromatic carbocycles. The Morgan fingerprint density at radius 2 is 1.74 bits per heavy atom. The van der Waals surface area contributed by atoms with E-state index in [1.165, 1.54) is 11.0 Å². The minimum Gasteiger partial charge on any atom is -0.356 e. The first kappa shape index (κ1) is 24.4. The van der Waals surface area contributed by atoms with Gasteiger partial charge in [-0.05, 0) is 30.7 Å². The lowest BCUT2D eigenvalue weighted by Crippen LogP contribution is -2.42. The monoisotopic (exact) mass is 480 g/mol. The maximum absolute atomic E-state index is 13.3. The summed E-state index contributed by atoms with van der Waals surface area (Å²) in [5.74, 6) is -0.703. The van der Waals surface area contributed by atoms with Gasteiger partial charge in [-0.15, -0.1) is 0 Å². The topological polar surface area (TPSA) is 117 Å². The summed E-state index contributed by atoms with van der Waals surface area (Å²) < 4.78 is 1.55. The zero-order valence-electron chi connectivity index (χ0n) is 20.0. The molecule has 10 nitrogen and oxygen atoms in total. The second-order valence-corrected chi connectivity index (χ2v) is 9.08. The van der Waals surface area contributed by atoms with Crippen molar-refractivity contribution >= 4 is 23.6 Å². The second kappa shape index (κ2) is 11.2. The molecule has 0 spiro atoms. The lowest BCUT2D eigenvalue weighted by atomic mass is 9.91. The quantitative estimate of drug-likeness (QED) is 0.665. The molecule has 2 aliphatic rings. The van der Waals surface area contributed by atoms with E-state index in [-0.39, 0.29) is 42.4 Å². The number of aromatic nitrogens is 2. The van der Waals surface area contributed by atoms with Crippen LogP contribution < -0.4 is 10.6 Å². The molecule has 2 aromatic rings. The standard InChI is InChI=1S/C25H32N6O4/c1-29-14-15-31-21(25(29)35)16-20(28-31)24(34)30-13-5-11-26-22(32)9-8-19(10-12-27-23(33)17-30)18-6-3-2-4-7-18/h2-4,6-7,16,19H,5,8-15,17H2,1H3,(H,26,32)(H,27,33). The third-order valence-electron chi connectivity index (χ3n) is 6.57. The van der Waals surface area contributed by atoms with E-state index < -0.39 is 5.91 Å². The van der Waals surface area contributed by atoms with Gasteiger partial charge in [0.2, 0.25) is 11.8 Å². The van der Waals surface area contributed by atoms with Gasteiger partial charge in [0.15, 0.2) is 5.69 Å². The van der Waals surface area contributed by atoms with Crippen molar-refractivity contribution in [3.63, 3.8) is 0 Å². The third kappa shape index (κ3) is 6.06. The first-order valence-electron chi connectivity index (χ1n) is 12.1. The lowest BCUT2D eigenvalue weighted by Gasteiger charge is -2.23. The number of nitrogens with one attached hydrogen (secondary N) is 2. The predicted molar refractivity (Wildman–Crippen MR) is 129 cm³/mol. The Morgan fingerprint density at radius 1 is 0.971 bits per heavy atom. The van der Waals surface area contributed by atoms with Crippen LogP contribution in [0.1, 0.15) is 58.1 Å². The molecule has 10 heteroatoms. The molecule has 4 amide bonds. The first-order valence-corrected chi connectivity index (χ1v) is 12.1. The Balaban J connectivity index is 1.46. The van der Waals surface area contributed by atoms with Crippen LogP contribution in [0.2, 0.25) is 0 Å². The van der Waals surface area contributed by atoms with Crippen LogP contribution in [0.25, 0.3) is 0 Å². The molecule has 1 unspecified atom stereocenters. The number of carbonyl (C=O) groups excluding carboxylic acids is 4. The zero-order valence-corrected chi connectivity index (χ0v) is 20.0. The summed E-state index contributed by atoms with van der Waals surface area (Å²) in [5, 5.41) is 10.2. The van der Waals surface area contributed by atoms with Crippen molar-refractivity contribution in [3.05, 3.63) is 53.3 Å². The van der Waals surface area contributed by atoms with Crippen LogP contribution in [0.5, 0.6) is 0 Å². The van der Waals surface area contributed by atoms with Crippen LogP contribution in [-0.4, -0.2) is 83.0 Å². The van der Waals surface area contributed by atoms with E-state index in [0.29, 0.717) is 57.6 Å². The molecule has 0 bridgehead atoms. The molecule has 4 rings (SSSR count). The average Bonchev–Trinajstić information content (AvgIpc) is 3.30. The van der Waals surface area contributed by atoms with Crippen LogP contribution in [0, 0.1) is 0 Å². The minimum atomic E-state index is -0.405. The van der Waals surface area contributed by atoms with Gasteiger partial charge in [0, 0.05) is 45.7 Å². The van der Waals surface area contributed by atoms with Crippen molar-refractivity contribution in [2.24, 2.45) is 0 Å². The number of nitrogens with zero attached hydrogens (tertiary/aromatic N) is 4. The van der Waals surface area contributed by atoms with Gasteiger partial charge in [0.05, 0.1) is 13.1 Å². The Bertz CT molecular complexity index is 1080. The predicted octanol–water partition coefficient (Wildman–Crippen LogP) is 1.00. The number of hydrogen-bond acceptors (Lipinski definition) is 5. The fraction of sp³-hybridized carbons (Fsp3) is 0.480. The fourth-order valence-electron chi connectivity index (χ4n) is 4.53. The molecule has 186 valence electrons. The highest BCUT2D eigenvalue weighted by molar-refractivity contribution is 5.99. The van der Waals surface area contributed by atoms with Crippen molar-refractivity contribution in [2.75, 3.05) is 39.8 Å². The molecular weight excluding hydrogens is 448 g/mol. The van der Waals surface area contributed by atoms with Gasteiger partial charge in [-0.2, -0.15) is 5.10 Å². The number of carbonyl (C=O) groups is 4. The van der Waals surface area contributed by atoms with E-state index in [0.717, 1.165) is 5.56 Å². The van der Waals surface area contributed by atoms with Crippen LogP contribution >= 0.6 is 0 Å². The van der Waals surface area contributed by atoms with Gasteiger partial charge < -0.3 is 20.4 Å². The maximum atomic E-state index is 13.3. The van der Waals surface area contributed by atoms with Crippen molar-refractivity contribution in [2.45, 2.75) is 38.1 Å². The van der Waals surface area contributed by atoms with Gasteiger partial charge in [0.25, 0.3) is 11.8 Å². The highest BCUT2D eigenvalue weighted by Gasteiger charge is 2.28. The molecule has 1 saturated heterocycles. The summed E-state index contributed by atoms with van der Waals surface area (Å²) in [4.78, 5) is 53.8. The van der Waals surface area contributed by atoms with Crippen molar-refractivity contribution < 1.29 is 19.2 Å². The summed E-state index contributed by atoms with van der Waals surface area (Å²) in [5.41, 5.74) is 1.65. The van der Waals surface area contributed by atoms with E-state index in [4.69, 9.17) is 0 Å². The van der Waals surface area contributed by atoms with E-state index in [9.17, 15) is 19.2 Å². The number of fused-ring (bicyclic) bond motifs is 1. The summed E-state index contributed by atoms with van der Waals surface area (Å²) >= 11 is 0. The van der Waals surface area contributed by atoms with Crippen LogP contribution in [-0.2, 0) is 16.1 Å². The molecule has 2 N–H and O–H groups in total. The van der Waals surface area contributed by atoms with Gasteiger partial charge in [-0.3, -0.25) is 23.9 Å². The molecule has 1 fully saturated rings. The highest BCUT2D eigenvalue weighted by Crippen LogP contribution is 2.24. The second-order valence-electron chi connectivity index (χ2n) is 9.08. The molecule has 1 atom stereocenters.